The van der Waals surface area contributed by atoms with Crippen LogP contribution in [0.1, 0.15) is 26.7 Å². The monoisotopic (exact) mass is 184 g/mol. The van der Waals surface area contributed by atoms with Crippen LogP contribution in [0.3, 0.4) is 0 Å². The molecule has 0 saturated heterocycles. The number of alkyl halides is 2. The fourth-order valence-corrected chi connectivity index (χ4v) is 1.53. The maximum atomic E-state index is 12.6. The van der Waals surface area contributed by atoms with Crippen molar-refractivity contribution in [3.63, 3.8) is 0 Å². The molecule has 1 aliphatic rings. The van der Waals surface area contributed by atoms with E-state index in [4.69, 9.17) is 0 Å². The van der Waals surface area contributed by atoms with Crippen molar-refractivity contribution in [1.29, 1.82) is 0 Å². The van der Waals surface area contributed by atoms with E-state index in [-0.39, 0.29) is 5.57 Å². The van der Waals surface area contributed by atoms with Gasteiger partial charge >= 0.3 is 0 Å². The van der Waals surface area contributed by atoms with Gasteiger partial charge < -0.3 is 0 Å². The van der Waals surface area contributed by atoms with Gasteiger partial charge in [0, 0.05) is 5.57 Å². The minimum absolute atomic E-state index is 0.226. The van der Waals surface area contributed by atoms with Gasteiger partial charge in [-0.05, 0) is 32.3 Å². The largest absolute Gasteiger partial charge is 0.264 e. The Morgan fingerprint density at radius 1 is 1.31 bits per heavy atom. The molecule has 0 bridgehead atoms. The molecule has 0 aliphatic heterocycles. The second-order valence-corrected chi connectivity index (χ2v) is 3.31. The summed E-state index contributed by atoms with van der Waals surface area (Å²) in [6.07, 6.45) is 4.86. The molecule has 0 heterocycles. The first-order valence-corrected chi connectivity index (χ1v) is 4.44. The van der Waals surface area contributed by atoms with Crippen LogP contribution in [0.5, 0.6) is 0 Å². The van der Waals surface area contributed by atoms with Crippen LogP contribution >= 0.6 is 0 Å². The first kappa shape index (κ1) is 10.2. The van der Waals surface area contributed by atoms with E-state index in [9.17, 15) is 8.78 Å². The van der Waals surface area contributed by atoms with E-state index >= 15 is 0 Å². The van der Waals surface area contributed by atoms with E-state index in [0.717, 1.165) is 18.4 Å². The van der Waals surface area contributed by atoms with Crippen molar-refractivity contribution in [3.05, 3.63) is 34.9 Å². The lowest BCUT2D eigenvalue weighted by atomic mass is 9.97. The molecule has 0 nitrogen and oxygen atoms in total. The fourth-order valence-electron chi connectivity index (χ4n) is 1.53. The molecule has 13 heavy (non-hydrogen) atoms. The lowest BCUT2D eigenvalue weighted by molar-refractivity contribution is 0.190. The molecule has 1 rings (SSSR count). The van der Waals surface area contributed by atoms with Gasteiger partial charge in [-0.2, -0.15) is 0 Å². The molecule has 0 N–H and O–H groups in total. The summed E-state index contributed by atoms with van der Waals surface area (Å²) in [5.41, 5.74) is 1.72. The van der Waals surface area contributed by atoms with Crippen LogP contribution in [-0.2, 0) is 0 Å². The smallest absolute Gasteiger partial charge is 0.205 e. The molecule has 1 aliphatic carbocycles. The van der Waals surface area contributed by atoms with Gasteiger partial charge in [-0.25, -0.2) is 8.78 Å². The van der Waals surface area contributed by atoms with Gasteiger partial charge in [0.05, 0.1) is 0 Å². The third-order valence-electron chi connectivity index (χ3n) is 2.27. The van der Waals surface area contributed by atoms with Gasteiger partial charge in [0.15, 0.2) is 0 Å². The van der Waals surface area contributed by atoms with Crippen LogP contribution in [0.25, 0.3) is 0 Å². The summed E-state index contributed by atoms with van der Waals surface area (Å²) in [5, 5.41) is 0. The maximum absolute atomic E-state index is 12.6. The zero-order valence-corrected chi connectivity index (χ0v) is 7.98. The molecule has 0 amide bonds. The van der Waals surface area contributed by atoms with Crippen molar-refractivity contribution in [2.24, 2.45) is 0 Å². The Balaban J connectivity index is 3.06. The van der Waals surface area contributed by atoms with Crippen molar-refractivity contribution in [1.82, 2.24) is 0 Å². The van der Waals surface area contributed by atoms with Crippen LogP contribution in [0.15, 0.2) is 34.9 Å². The molecule has 0 aromatic carbocycles. The van der Waals surface area contributed by atoms with Crippen LogP contribution in [0, 0.1) is 0 Å². The highest BCUT2D eigenvalue weighted by Crippen LogP contribution is 2.26. The average Bonchev–Trinajstić information content (AvgIpc) is 2.00. The van der Waals surface area contributed by atoms with E-state index < -0.39 is 6.43 Å². The summed E-state index contributed by atoms with van der Waals surface area (Å²) in [6.45, 7) is 3.53. The van der Waals surface area contributed by atoms with Gasteiger partial charge in [-0.1, -0.05) is 23.8 Å². The highest BCUT2D eigenvalue weighted by molar-refractivity contribution is 5.38. The Kier molecular flexibility index (Phi) is 3.40. The normalized spacial score (nSPS) is 30.7. The highest BCUT2D eigenvalue weighted by atomic mass is 19.3. The molecule has 0 unspecified atom stereocenters. The lowest BCUT2D eigenvalue weighted by Crippen LogP contribution is -2.03. The average molecular weight is 184 g/mol. The van der Waals surface area contributed by atoms with E-state index in [1.807, 2.05) is 12.2 Å². The van der Waals surface area contributed by atoms with Crippen molar-refractivity contribution >= 4 is 0 Å². The first-order valence-electron chi connectivity index (χ1n) is 4.44. The second kappa shape index (κ2) is 4.35. The van der Waals surface area contributed by atoms with Crippen molar-refractivity contribution in [2.45, 2.75) is 33.1 Å². The standard InChI is InChI=1S/C11H14F2/c1-8-6-4-3-5-7-9(2)10(8)11(12)13/h3-4,6,11H,5,7H2,1-2H3/b4-3-,8-6-,10-9+. The molecular formula is C11H14F2. The third kappa shape index (κ3) is 2.51. The van der Waals surface area contributed by atoms with Gasteiger partial charge in [0.25, 0.3) is 6.43 Å². The van der Waals surface area contributed by atoms with E-state index in [2.05, 4.69) is 0 Å². The summed E-state index contributed by atoms with van der Waals surface area (Å²) in [4.78, 5) is 0. The van der Waals surface area contributed by atoms with Crippen LogP contribution in [0.2, 0.25) is 0 Å². The Morgan fingerprint density at radius 2 is 2.00 bits per heavy atom. The van der Waals surface area contributed by atoms with Gasteiger partial charge in [-0.3, -0.25) is 0 Å². The second-order valence-electron chi connectivity index (χ2n) is 3.31. The Bertz CT molecular complexity index is 270. The summed E-state index contributed by atoms with van der Waals surface area (Å²) in [5.74, 6) is 0. The Labute approximate surface area is 77.6 Å². The molecule has 0 fully saturated rings. The fraction of sp³-hybridized carbons (Fsp3) is 0.455. The van der Waals surface area contributed by atoms with Gasteiger partial charge in [0.1, 0.15) is 0 Å². The van der Waals surface area contributed by atoms with Crippen molar-refractivity contribution < 1.29 is 8.78 Å². The van der Waals surface area contributed by atoms with Gasteiger partial charge in [0.2, 0.25) is 0 Å². The number of allylic oxidation sites excluding steroid dienone is 6. The molecular weight excluding hydrogens is 170 g/mol. The third-order valence-corrected chi connectivity index (χ3v) is 2.27. The minimum atomic E-state index is -2.34. The molecule has 0 aromatic heterocycles. The van der Waals surface area contributed by atoms with Crippen LogP contribution in [0.4, 0.5) is 8.78 Å². The van der Waals surface area contributed by atoms with Crippen molar-refractivity contribution in [3.8, 4) is 0 Å². The molecule has 72 valence electrons. The summed E-state index contributed by atoms with van der Waals surface area (Å²) >= 11 is 0. The zero-order valence-electron chi connectivity index (χ0n) is 7.98. The number of halogens is 2. The molecule has 0 spiro atoms. The Hall–Kier alpha value is -0.920. The number of hydrogen-bond donors (Lipinski definition) is 0. The highest BCUT2D eigenvalue weighted by Gasteiger charge is 2.16. The zero-order chi connectivity index (χ0) is 9.84. The SMILES string of the molecule is CC1=C/C=C\CC/C(C)=C\1C(F)F. The minimum Gasteiger partial charge on any atom is -0.205 e. The molecule has 0 aromatic rings. The van der Waals surface area contributed by atoms with E-state index in [1.165, 1.54) is 0 Å². The summed E-state index contributed by atoms with van der Waals surface area (Å²) in [6, 6.07) is 0. The molecule has 0 atom stereocenters. The van der Waals surface area contributed by atoms with Gasteiger partial charge in [-0.15, -0.1) is 0 Å². The molecule has 2 heteroatoms. The topological polar surface area (TPSA) is 0 Å². The van der Waals surface area contributed by atoms with Crippen molar-refractivity contribution in [2.75, 3.05) is 0 Å². The number of rotatable bonds is 1. The van der Waals surface area contributed by atoms with Crippen LogP contribution in [-0.4, -0.2) is 6.43 Å². The summed E-state index contributed by atoms with van der Waals surface area (Å²) < 4.78 is 25.2. The first-order chi connectivity index (χ1) is 6.13. The maximum Gasteiger partial charge on any atom is 0.264 e. The molecule has 0 radical (unpaired) electrons. The predicted molar refractivity (Wildman–Crippen MR) is 50.8 cm³/mol. The molecule has 0 saturated carbocycles. The lowest BCUT2D eigenvalue weighted by Gasteiger charge is -2.13. The number of hydrogen-bond acceptors (Lipinski definition) is 0. The predicted octanol–water partition coefficient (Wildman–Crippen LogP) is 3.86. The quantitative estimate of drug-likeness (QED) is 0.580. The van der Waals surface area contributed by atoms with E-state index in [1.54, 1.807) is 19.9 Å². The van der Waals surface area contributed by atoms with Crippen LogP contribution < -0.4 is 0 Å². The summed E-state index contributed by atoms with van der Waals surface area (Å²) in [7, 11) is 0. The Morgan fingerprint density at radius 3 is 2.62 bits per heavy atom. The van der Waals surface area contributed by atoms with E-state index in [0.29, 0.717) is 5.57 Å².